The minimum atomic E-state index is -0.911. The molecule has 11 heteroatoms. The molecule has 3 aromatic rings. The Kier molecular flexibility index (Phi) is 5.92. The molecule has 2 heterocycles. The lowest BCUT2D eigenvalue weighted by atomic mass is 10.2. The molecule has 0 saturated carbocycles. The third-order valence-electron chi connectivity index (χ3n) is 4.64. The molecule has 160 valence electrons. The maximum absolute atomic E-state index is 14.5. The second-order valence-electron chi connectivity index (χ2n) is 6.70. The number of rotatable bonds is 6. The van der Waals surface area contributed by atoms with E-state index in [0.29, 0.717) is 28.8 Å². The summed E-state index contributed by atoms with van der Waals surface area (Å²) >= 11 is 7.16. The molecule has 1 aliphatic heterocycles. The number of halogens is 3. The standard InChI is InChI=1S/C20H15ClF2N4O3S/c21-11-2-4-15-13(8-11)18(29)27(16-5-3-12(22)9-14(16)23)20(25-15)31-7-1-6-26-17(28)10-24-19(26)30/h2-5,8-9H,1,6-7,10H2,(H,24,30). The Bertz CT molecular complexity index is 1250. The van der Waals surface area contributed by atoms with Gasteiger partial charge in [-0.2, -0.15) is 0 Å². The summed E-state index contributed by atoms with van der Waals surface area (Å²) in [5.74, 6) is -1.59. The van der Waals surface area contributed by atoms with Crippen molar-refractivity contribution in [3.63, 3.8) is 0 Å². The highest BCUT2D eigenvalue weighted by Gasteiger charge is 2.27. The SMILES string of the molecule is O=C1CNC(=O)N1CCCSc1nc2ccc(Cl)cc2c(=O)n1-c1ccc(F)cc1F. The van der Waals surface area contributed by atoms with Crippen LogP contribution in [0.5, 0.6) is 0 Å². The van der Waals surface area contributed by atoms with Crippen LogP contribution in [0.15, 0.2) is 46.3 Å². The number of carbonyl (C=O) groups excluding carboxylic acids is 2. The number of aromatic nitrogens is 2. The van der Waals surface area contributed by atoms with Gasteiger partial charge in [0.2, 0.25) is 5.91 Å². The number of benzene rings is 2. The Balaban J connectivity index is 1.68. The van der Waals surface area contributed by atoms with Crippen LogP contribution in [0.3, 0.4) is 0 Å². The predicted octanol–water partition coefficient (Wildman–Crippen LogP) is 3.35. The molecule has 31 heavy (non-hydrogen) atoms. The largest absolute Gasteiger partial charge is 0.329 e. The van der Waals surface area contributed by atoms with Gasteiger partial charge in [0, 0.05) is 23.4 Å². The first kappa shape index (κ1) is 21.3. The smallest absolute Gasteiger partial charge is 0.324 e. The van der Waals surface area contributed by atoms with Crippen molar-refractivity contribution in [1.82, 2.24) is 19.8 Å². The number of amides is 3. The Labute approximate surface area is 184 Å². The molecule has 0 atom stereocenters. The number of carbonyl (C=O) groups is 2. The molecule has 0 bridgehead atoms. The van der Waals surface area contributed by atoms with Crippen LogP contribution in [0.4, 0.5) is 13.6 Å². The van der Waals surface area contributed by atoms with Gasteiger partial charge in [0.05, 0.1) is 23.1 Å². The van der Waals surface area contributed by atoms with E-state index in [1.54, 1.807) is 12.1 Å². The summed E-state index contributed by atoms with van der Waals surface area (Å²) in [5.41, 5.74) is -0.309. The Hall–Kier alpha value is -2.98. The van der Waals surface area contributed by atoms with Gasteiger partial charge in [-0.05, 0) is 36.8 Å². The Morgan fingerprint density at radius 2 is 1.94 bits per heavy atom. The first-order chi connectivity index (χ1) is 14.8. The molecule has 2 aromatic carbocycles. The van der Waals surface area contributed by atoms with Crippen molar-refractivity contribution in [2.45, 2.75) is 11.6 Å². The number of hydrogen-bond donors (Lipinski definition) is 1. The molecule has 1 fully saturated rings. The number of nitrogens with one attached hydrogen (secondary N) is 1. The molecule has 1 aliphatic rings. The number of hydrogen-bond acceptors (Lipinski definition) is 5. The maximum Gasteiger partial charge on any atom is 0.324 e. The van der Waals surface area contributed by atoms with E-state index in [9.17, 15) is 23.2 Å². The Morgan fingerprint density at radius 1 is 1.13 bits per heavy atom. The number of nitrogens with zero attached hydrogens (tertiary/aromatic N) is 3. The van der Waals surface area contributed by atoms with Gasteiger partial charge < -0.3 is 5.32 Å². The molecule has 1 aromatic heterocycles. The van der Waals surface area contributed by atoms with Crippen molar-refractivity contribution in [2.75, 3.05) is 18.8 Å². The maximum atomic E-state index is 14.5. The van der Waals surface area contributed by atoms with Crippen LogP contribution in [0.2, 0.25) is 5.02 Å². The van der Waals surface area contributed by atoms with Crippen LogP contribution in [0.1, 0.15) is 6.42 Å². The monoisotopic (exact) mass is 464 g/mol. The zero-order valence-electron chi connectivity index (χ0n) is 15.9. The number of urea groups is 1. The van der Waals surface area contributed by atoms with Crippen LogP contribution in [-0.4, -0.2) is 45.2 Å². The third-order valence-corrected chi connectivity index (χ3v) is 5.90. The molecule has 0 spiro atoms. The highest BCUT2D eigenvalue weighted by molar-refractivity contribution is 7.99. The van der Waals surface area contributed by atoms with E-state index >= 15 is 0 Å². The molecule has 3 amide bonds. The fourth-order valence-corrected chi connectivity index (χ4v) is 4.28. The third kappa shape index (κ3) is 4.26. The topological polar surface area (TPSA) is 84.3 Å². The van der Waals surface area contributed by atoms with E-state index in [-0.39, 0.29) is 35.2 Å². The van der Waals surface area contributed by atoms with Crippen LogP contribution in [0.25, 0.3) is 16.6 Å². The van der Waals surface area contributed by atoms with E-state index in [1.165, 1.54) is 12.1 Å². The van der Waals surface area contributed by atoms with Crippen molar-refractivity contribution >= 4 is 46.2 Å². The van der Waals surface area contributed by atoms with Crippen LogP contribution in [0, 0.1) is 11.6 Å². The molecule has 1 N–H and O–H groups in total. The summed E-state index contributed by atoms with van der Waals surface area (Å²) in [6, 6.07) is 7.08. The average Bonchev–Trinajstić information content (AvgIpc) is 3.05. The zero-order chi connectivity index (χ0) is 22.1. The summed E-state index contributed by atoms with van der Waals surface area (Å²) in [7, 11) is 0. The van der Waals surface area contributed by atoms with Gasteiger partial charge in [0.1, 0.15) is 11.6 Å². The second-order valence-corrected chi connectivity index (χ2v) is 8.20. The van der Waals surface area contributed by atoms with Crippen LogP contribution in [-0.2, 0) is 4.79 Å². The molecule has 0 unspecified atom stereocenters. The van der Waals surface area contributed by atoms with E-state index in [2.05, 4.69) is 10.3 Å². The zero-order valence-corrected chi connectivity index (χ0v) is 17.5. The van der Waals surface area contributed by atoms with Crippen molar-refractivity contribution in [3.8, 4) is 5.69 Å². The van der Waals surface area contributed by atoms with Crippen LogP contribution < -0.4 is 10.9 Å². The number of fused-ring (bicyclic) bond motifs is 1. The van der Waals surface area contributed by atoms with Gasteiger partial charge in [-0.3, -0.25) is 19.1 Å². The first-order valence-corrected chi connectivity index (χ1v) is 10.6. The van der Waals surface area contributed by atoms with Crippen molar-refractivity contribution in [2.24, 2.45) is 0 Å². The lowest BCUT2D eigenvalue weighted by Gasteiger charge is -2.15. The lowest BCUT2D eigenvalue weighted by Crippen LogP contribution is -2.32. The molecule has 4 rings (SSSR count). The molecular formula is C20H15ClF2N4O3S. The molecule has 1 saturated heterocycles. The summed E-state index contributed by atoms with van der Waals surface area (Å²) < 4.78 is 29.0. The summed E-state index contributed by atoms with van der Waals surface area (Å²) in [6.45, 7) is 0.181. The summed E-state index contributed by atoms with van der Waals surface area (Å²) in [6.07, 6.45) is 0.435. The number of imide groups is 1. The minimum Gasteiger partial charge on any atom is -0.329 e. The molecule has 0 aliphatic carbocycles. The van der Waals surface area contributed by atoms with Gasteiger partial charge in [-0.1, -0.05) is 23.4 Å². The fraction of sp³-hybridized carbons (Fsp3) is 0.200. The van der Waals surface area contributed by atoms with Gasteiger partial charge in [-0.25, -0.2) is 18.6 Å². The second kappa shape index (κ2) is 8.64. The normalized spacial score (nSPS) is 13.8. The molecule has 7 nitrogen and oxygen atoms in total. The minimum absolute atomic E-state index is 0.0237. The first-order valence-electron chi connectivity index (χ1n) is 9.24. The van der Waals surface area contributed by atoms with Crippen molar-refractivity contribution in [3.05, 3.63) is 63.4 Å². The fourth-order valence-electron chi connectivity index (χ4n) is 3.18. The van der Waals surface area contributed by atoms with Crippen molar-refractivity contribution in [1.29, 1.82) is 0 Å². The number of thioether (sulfide) groups is 1. The average molecular weight is 465 g/mol. The van der Waals surface area contributed by atoms with E-state index in [1.807, 2.05) is 0 Å². The Morgan fingerprint density at radius 3 is 2.65 bits per heavy atom. The van der Waals surface area contributed by atoms with Crippen molar-refractivity contribution < 1.29 is 18.4 Å². The van der Waals surface area contributed by atoms with Gasteiger partial charge in [-0.15, -0.1) is 0 Å². The summed E-state index contributed by atoms with van der Waals surface area (Å²) in [4.78, 5) is 42.0. The van der Waals surface area contributed by atoms with Gasteiger partial charge in [0.15, 0.2) is 5.16 Å². The van der Waals surface area contributed by atoms with Crippen LogP contribution >= 0.6 is 23.4 Å². The van der Waals surface area contributed by atoms with Gasteiger partial charge >= 0.3 is 6.03 Å². The van der Waals surface area contributed by atoms with E-state index < -0.39 is 23.2 Å². The predicted molar refractivity (Wildman–Crippen MR) is 113 cm³/mol. The summed E-state index contributed by atoms with van der Waals surface area (Å²) in [5, 5.41) is 3.16. The quantitative estimate of drug-likeness (QED) is 0.262. The highest BCUT2D eigenvalue weighted by atomic mass is 35.5. The molecule has 0 radical (unpaired) electrons. The molecular weight excluding hydrogens is 450 g/mol. The highest BCUT2D eigenvalue weighted by Crippen LogP contribution is 2.25. The van der Waals surface area contributed by atoms with E-state index in [4.69, 9.17) is 11.6 Å². The van der Waals surface area contributed by atoms with Gasteiger partial charge in [0.25, 0.3) is 5.56 Å². The lowest BCUT2D eigenvalue weighted by molar-refractivity contribution is -0.124. The van der Waals surface area contributed by atoms with E-state index in [0.717, 1.165) is 27.3 Å².